The summed E-state index contributed by atoms with van der Waals surface area (Å²) in [5.74, 6) is -0.0452. The number of amides is 2. The second-order valence-corrected chi connectivity index (χ2v) is 5.20. The zero-order valence-electron chi connectivity index (χ0n) is 13.2. The van der Waals surface area contributed by atoms with Gasteiger partial charge in [-0.1, -0.05) is 19.3 Å². The second kappa shape index (κ2) is 10.8. The summed E-state index contributed by atoms with van der Waals surface area (Å²) in [6.45, 7) is 2.95. The highest BCUT2D eigenvalue weighted by molar-refractivity contribution is 5.80. The zero-order chi connectivity index (χ0) is 17.1. The van der Waals surface area contributed by atoms with Crippen LogP contribution in [-0.4, -0.2) is 63.5 Å². The molecule has 2 amide bonds. The van der Waals surface area contributed by atoms with Gasteiger partial charge in [0, 0.05) is 32.5 Å². The number of nitrogens with zero attached hydrogens (tertiary/aromatic N) is 2. The average Bonchev–Trinajstić information content (AvgIpc) is 2.47. The Morgan fingerprint density at radius 2 is 1.59 bits per heavy atom. The van der Waals surface area contributed by atoms with Crippen LogP contribution in [0.2, 0.25) is 0 Å². The molecule has 0 aromatic carbocycles. The highest BCUT2D eigenvalue weighted by Gasteiger charge is 2.25. The second-order valence-electron chi connectivity index (χ2n) is 5.20. The number of hydrogen-bond donors (Lipinski definition) is 3. The molecular formula is C14H26N2O6. The smallest absolute Gasteiger partial charge is 0.450 e. The molecule has 1 saturated carbocycles. The molecule has 1 fully saturated rings. The van der Waals surface area contributed by atoms with Gasteiger partial charge < -0.3 is 15.1 Å². The molecule has 8 nitrogen and oxygen atoms in total. The maximum absolute atomic E-state index is 12.3. The maximum Gasteiger partial charge on any atom is 0.503 e. The summed E-state index contributed by atoms with van der Waals surface area (Å²) in [7, 11) is 1.31. The minimum atomic E-state index is -1.83. The van der Waals surface area contributed by atoms with Gasteiger partial charge in [-0.15, -0.1) is 0 Å². The fraction of sp³-hybridized carbons (Fsp3) is 0.786. The lowest BCUT2D eigenvalue weighted by Crippen LogP contribution is -2.39. The van der Waals surface area contributed by atoms with E-state index in [0.717, 1.165) is 25.7 Å². The lowest BCUT2D eigenvalue weighted by atomic mass is 9.88. The first-order chi connectivity index (χ1) is 10.3. The first-order valence-corrected chi connectivity index (χ1v) is 7.45. The van der Waals surface area contributed by atoms with Crippen molar-refractivity contribution in [3.8, 4) is 0 Å². The predicted octanol–water partition coefficient (Wildman–Crippen LogP) is 1.88. The van der Waals surface area contributed by atoms with Gasteiger partial charge in [-0.3, -0.25) is 14.8 Å². The van der Waals surface area contributed by atoms with Gasteiger partial charge >= 0.3 is 6.16 Å². The lowest BCUT2D eigenvalue weighted by molar-refractivity contribution is -0.160. The average molecular weight is 318 g/mol. The molecule has 1 rings (SSSR count). The number of carbonyl (C=O) groups is 3. The molecule has 0 aromatic heterocycles. The van der Waals surface area contributed by atoms with Crippen molar-refractivity contribution in [3.05, 3.63) is 0 Å². The van der Waals surface area contributed by atoms with Crippen molar-refractivity contribution in [3.63, 3.8) is 0 Å². The van der Waals surface area contributed by atoms with Gasteiger partial charge in [0.05, 0.1) is 0 Å². The van der Waals surface area contributed by atoms with Crippen molar-refractivity contribution in [1.29, 1.82) is 0 Å². The van der Waals surface area contributed by atoms with Crippen molar-refractivity contribution in [2.24, 2.45) is 5.92 Å². The summed E-state index contributed by atoms with van der Waals surface area (Å²) in [6.07, 6.45) is 3.79. The largest absolute Gasteiger partial charge is 0.503 e. The van der Waals surface area contributed by atoms with E-state index in [9.17, 15) is 9.59 Å². The highest BCUT2D eigenvalue weighted by atomic mass is 16.6. The molecule has 1 aliphatic carbocycles. The summed E-state index contributed by atoms with van der Waals surface area (Å²) in [6, 6.07) is 0. The zero-order valence-corrected chi connectivity index (χ0v) is 13.2. The van der Waals surface area contributed by atoms with E-state index in [0.29, 0.717) is 18.2 Å². The van der Waals surface area contributed by atoms with E-state index in [1.807, 2.05) is 6.92 Å². The topological polar surface area (TPSA) is 118 Å². The van der Waals surface area contributed by atoms with Crippen LogP contribution < -0.4 is 0 Å². The molecule has 0 unspecified atom stereocenters. The summed E-state index contributed by atoms with van der Waals surface area (Å²) < 4.78 is 0. The Balaban J connectivity index is 0.000000980. The first kappa shape index (κ1) is 20.2. The van der Waals surface area contributed by atoms with E-state index in [1.54, 1.807) is 4.90 Å². The van der Waals surface area contributed by atoms with Crippen LogP contribution in [0.3, 0.4) is 0 Å². The number of carbonyl (C=O) groups excluding carboxylic acids is 2. The number of rotatable bonds is 5. The third-order valence-electron chi connectivity index (χ3n) is 3.60. The van der Waals surface area contributed by atoms with E-state index < -0.39 is 6.16 Å². The molecule has 0 bridgehead atoms. The van der Waals surface area contributed by atoms with Gasteiger partial charge in [-0.2, -0.15) is 0 Å². The van der Waals surface area contributed by atoms with Crippen LogP contribution in [0, 0.1) is 5.92 Å². The fourth-order valence-electron chi connectivity index (χ4n) is 2.42. The Morgan fingerprint density at radius 1 is 1.09 bits per heavy atom. The maximum atomic E-state index is 12.3. The minimum Gasteiger partial charge on any atom is -0.450 e. The number of hydroxylamine groups is 2. The Hall–Kier alpha value is -1.83. The Bertz CT molecular complexity index is 362. The lowest BCUT2D eigenvalue weighted by Gasteiger charge is -2.28. The molecule has 0 spiro atoms. The van der Waals surface area contributed by atoms with Crippen LogP contribution in [0.5, 0.6) is 0 Å². The van der Waals surface area contributed by atoms with E-state index in [4.69, 9.17) is 20.2 Å². The van der Waals surface area contributed by atoms with Crippen LogP contribution in [0.4, 0.5) is 4.79 Å². The van der Waals surface area contributed by atoms with Crippen molar-refractivity contribution in [1.82, 2.24) is 9.96 Å². The van der Waals surface area contributed by atoms with Gasteiger partial charge in [-0.25, -0.2) is 9.86 Å². The monoisotopic (exact) mass is 318 g/mol. The van der Waals surface area contributed by atoms with Crippen molar-refractivity contribution < 1.29 is 29.8 Å². The molecule has 0 saturated heterocycles. The van der Waals surface area contributed by atoms with Gasteiger partial charge in [0.1, 0.15) is 0 Å². The van der Waals surface area contributed by atoms with Crippen LogP contribution in [0.25, 0.3) is 0 Å². The Kier molecular flexibility index (Phi) is 9.93. The van der Waals surface area contributed by atoms with Crippen LogP contribution in [0.15, 0.2) is 0 Å². The van der Waals surface area contributed by atoms with E-state index in [1.165, 1.54) is 13.5 Å². The standard InChI is InChI=1S/C13H24N2O3.CH2O3/c1-3-15(10-9-12(16)14(2)18)13(17)11-7-5-4-6-8-11;2-1(3)4/h11,18H,3-10H2,1-2H3;(H2,2,3,4). The quantitative estimate of drug-likeness (QED) is 0.526. The third kappa shape index (κ3) is 8.46. The number of hydrogen-bond acceptors (Lipinski definition) is 4. The number of carboxylic acid groups (broad SMARTS) is 2. The highest BCUT2D eigenvalue weighted by Crippen LogP contribution is 2.25. The van der Waals surface area contributed by atoms with E-state index >= 15 is 0 Å². The van der Waals surface area contributed by atoms with Crippen molar-refractivity contribution >= 4 is 18.0 Å². The molecule has 3 N–H and O–H groups in total. The molecule has 0 aliphatic heterocycles. The van der Waals surface area contributed by atoms with E-state index in [-0.39, 0.29) is 24.2 Å². The van der Waals surface area contributed by atoms with Gasteiger partial charge in [0.2, 0.25) is 11.8 Å². The van der Waals surface area contributed by atoms with Crippen LogP contribution >= 0.6 is 0 Å². The SMILES string of the molecule is CCN(CCC(=O)N(C)O)C(=O)C1CCCCC1.O=C(O)O. The fourth-order valence-corrected chi connectivity index (χ4v) is 2.42. The molecule has 1 aliphatic rings. The Labute approximate surface area is 130 Å². The summed E-state index contributed by atoms with van der Waals surface area (Å²) >= 11 is 0. The van der Waals surface area contributed by atoms with Gasteiger partial charge in [0.25, 0.3) is 0 Å². The Morgan fingerprint density at radius 3 is 2.00 bits per heavy atom. The summed E-state index contributed by atoms with van der Waals surface area (Å²) in [5, 5.41) is 23.5. The van der Waals surface area contributed by atoms with Gasteiger partial charge in [-0.05, 0) is 19.8 Å². The predicted molar refractivity (Wildman–Crippen MR) is 78.7 cm³/mol. The first-order valence-electron chi connectivity index (χ1n) is 7.45. The molecular weight excluding hydrogens is 292 g/mol. The van der Waals surface area contributed by atoms with E-state index in [2.05, 4.69) is 0 Å². The molecule has 22 heavy (non-hydrogen) atoms. The normalized spacial score (nSPS) is 14.5. The molecule has 0 aromatic rings. The summed E-state index contributed by atoms with van der Waals surface area (Å²) in [5.41, 5.74) is 0. The van der Waals surface area contributed by atoms with Gasteiger partial charge in [0.15, 0.2) is 0 Å². The minimum absolute atomic E-state index is 0.139. The molecule has 0 radical (unpaired) electrons. The molecule has 128 valence electrons. The molecule has 8 heteroatoms. The molecule has 0 atom stereocenters. The van der Waals surface area contributed by atoms with Crippen LogP contribution in [0.1, 0.15) is 45.4 Å². The van der Waals surface area contributed by atoms with Crippen molar-refractivity contribution in [2.75, 3.05) is 20.1 Å². The summed E-state index contributed by atoms with van der Waals surface area (Å²) in [4.78, 5) is 33.8. The van der Waals surface area contributed by atoms with Crippen molar-refractivity contribution in [2.45, 2.75) is 45.4 Å². The van der Waals surface area contributed by atoms with Crippen LogP contribution in [-0.2, 0) is 9.59 Å². The molecule has 0 heterocycles. The third-order valence-corrected chi connectivity index (χ3v) is 3.60.